The second-order valence-electron chi connectivity index (χ2n) is 8.45. The second kappa shape index (κ2) is 7.97. The molecular formula is C25H22N6OS. The summed E-state index contributed by atoms with van der Waals surface area (Å²) in [5, 5.41) is 15.8. The predicted molar refractivity (Wildman–Crippen MR) is 132 cm³/mol. The van der Waals surface area contributed by atoms with Gasteiger partial charge in [0, 0.05) is 27.6 Å². The van der Waals surface area contributed by atoms with E-state index < -0.39 is 0 Å². The molecule has 1 atom stereocenters. The standard InChI is InChI=1S/C25H22N6OS/c1-14-4-2-3-5-19(14)30-24(32)15-6-8-18-21(11-15)33-25-22(18)23(26-13-27-25)29-17-7-9-20-16(10-17)12-28-31-20/h2-5,7,9-10,12-13,15H,6,8,11H2,1H3,(H,28,31)(H,30,32)(H,26,27,29). The minimum absolute atomic E-state index is 0.0435. The SMILES string of the molecule is Cc1ccccc1NC(=O)C1CCc2c(sc3ncnc(Nc4ccc5[nH]ncc5c4)c23)C1. The summed E-state index contributed by atoms with van der Waals surface area (Å²) >= 11 is 1.67. The van der Waals surface area contributed by atoms with Gasteiger partial charge in [-0.2, -0.15) is 5.10 Å². The molecule has 3 heterocycles. The molecule has 3 N–H and O–H groups in total. The number of H-pyrrole nitrogens is 1. The van der Waals surface area contributed by atoms with Crippen LogP contribution in [0.3, 0.4) is 0 Å². The number of aromatic nitrogens is 4. The number of carbonyl (C=O) groups excluding carboxylic acids is 1. The van der Waals surface area contributed by atoms with E-state index >= 15 is 0 Å². The Morgan fingerprint density at radius 3 is 3.00 bits per heavy atom. The zero-order valence-electron chi connectivity index (χ0n) is 18.1. The third-order valence-electron chi connectivity index (χ3n) is 6.32. The lowest BCUT2D eigenvalue weighted by Crippen LogP contribution is -2.27. The maximum atomic E-state index is 13.0. The number of para-hydroxylation sites is 1. The van der Waals surface area contributed by atoms with E-state index in [-0.39, 0.29) is 11.8 Å². The third kappa shape index (κ3) is 3.62. The zero-order chi connectivity index (χ0) is 22.4. The molecule has 0 bridgehead atoms. The second-order valence-corrected chi connectivity index (χ2v) is 9.53. The molecule has 33 heavy (non-hydrogen) atoms. The van der Waals surface area contributed by atoms with E-state index in [0.29, 0.717) is 0 Å². The van der Waals surface area contributed by atoms with Crippen LogP contribution in [0.2, 0.25) is 0 Å². The highest BCUT2D eigenvalue weighted by Crippen LogP contribution is 2.40. The molecule has 5 aromatic rings. The van der Waals surface area contributed by atoms with Crippen molar-refractivity contribution in [2.24, 2.45) is 5.92 Å². The number of benzene rings is 2. The Morgan fingerprint density at radius 1 is 1.18 bits per heavy atom. The van der Waals surface area contributed by atoms with Gasteiger partial charge in [0.15, 0.2) is 0 Å². The van der Waals surface area contributed by atoms with Crippen molar-refractivity contribution in [2.45, 2.75) is 26.2 Å². The summed E-state index contributed by atoms with van der Waals surface area (Å²) < 4.78 is 0. The Kier molecular flexibility index (Phi) is 4.80. The number of hydrogen-bond donors (Lipinski definition) is 3. The Morgan fingerprint density at radius 2 is 2.09 bits per heavy atom. The van der Waals surface area contributed by atoms with E-state index in [1.54, 1.807) is 17.7 Å². The van der Waals surface area contributed by atoms with E-state index in [0.717, 1.165) is 63.1 Å². The Bertz CT molecular complexity index is 1500. The van der Waals surface area contributed by atoms with Gasteiger partial charge in [-0.25, -0.2) is 9.97 Å². The van der Waals surface area contributed by atoms with Gasteiger partial charge in [-0.05, 0) is 61.6 Å². The molecule has 0 fully saturated rings. The molecule has 0 saturated heterocycles. The van der Waals surface area contributed by atoms with Crippen molar-refractivity contribution in [1.29, 1.82) is 0 Å². The van der Waals surface area contributed by atoms with Crippen LogP contribution in [0.5, 0.6) is 0 Å². The van der Waals surface area contributed by atoms with Crippen LogP contribution in [0.4, 0.5) is 17.2 Å². The molecule has 164 valence electrons. The fourth-order valence-corrected chi connectivity index (χ4v) is 5.80. The van der Waals surface area contributed by atoms with Gasteiger partial charge in [0.25, 0.3) is 0 Å². The van der Waals surface area contributed by atoms with Gasteiger partial charge >= 0.3 is 0 Å². The van der Waals surface area contributed by atoms with Gasteiger partial charge in [0.2, 0.25) is 5.91 Å². The third-order valence-corrected chi connectivity index (χ3v) is 7.48. The van der Waals surface area contributed by atoms with Gasteiger partial charge in [-0.1, -0.05) is 18.2 Å². The summed E-state index contributed by atoms with van der Waals surface area (Å²) in [5.41, 5.74) is 5.18. The average molecular weight is 455 g/mol. The molecule has 1 amide bonds. The van der Waals surface area contributed by atoms with Crippen LogP contribution < -0.4 is 10.6 Å². The molecule has 1 aliphatic carbocycles. The van der Waals surface area contributed by atoms with Crippen molar-refractivity contribution >= 4 is 55.6 Å². The van der Waals surface area contributed by atoms with Gasteiger partial charge in [-0.15, -0.1) is 11.3 Å². The summed E-state index contributed by atoms with van der Waals surface area (Å²) in [7, 11) is 0. The molecular weight excluding hydrogens is 432 g/mol. The Hall–Kier alpha value is -3.78. The molecule has 2 aromatic carbocycles. The minimum Gasteiger partial charge on any atom is -0.340 e. The number of amides is 1. The van der Waals surface area contributed by atoms with Crippen LogP contribution in [0, 0.1) is 12.8 Å². The van der Waals surface area contributed by atoms with Crippen molar-refractivity contribution in [3.05, 3.63) is 71.0 Å². The van der Waals surface area contributed by atoms with E-state index in [1.165, 1.54) is 10.4 Å². The molecule has 0 saturated carbocycles. The molecule has 1 aliphatic rings. The number of hydrogen-bond acceptors (Lipinski definition) is 6. The van der Waals surface area contributed by atoms with E-state index in [9.17, 15) is 4.79 Å². The Labute approximate surface area is 194 Å². The number of carbonyl (C=O) groups is 1. The quantitative estimate of drug-likeness (QED) is 0.340. The molecule has 8 heteroatoms. The molecule has 0 radical (unpaired) electrons. The lowest BCUT2D eigenvalue weighted by molar-refractivity contribution is -0.120. The topological polar surface area (TPSA) is 95.6 Å². The lowest BCUT2D eigenvalue weighted by Gasteiger charge is -2.22. The van der Waals surface area contributed by atoms with E-state index in [2.05, 4.69) is 36.9 Å². The van der Waals surface area contributed by atoms with E-state index in [1.807, 2.05) is 49.5 Å². The number of nitrogens with zero attached hydrogens (tertiary/aromatic N) is 3. The van der Waals surface area contributed by atoms with Gasteiger partial charge in [0.1, 0.15) is 17.0 Å². The Balaban J connectivity index is 1.28. The van der Waals surface area contributed by atoms with Crippen LogP contribution in [0.1, 0.15) is 22.4 Å². The maximum absolute atomic E-state index is 13.0. The number of nitrogens with one attached hydrogen (secondary N) is 3. The van der Waals surface area contributed by atoms with Crippen molar-refractivity contribution in [2.75, 3.05) is 10.6 Å². The van der Waals surface area contributed by atoms with Crippen molar-refractivity contribution < 1.29 is 4.79 Å². The number of anilines is 3. The molecule has 7 nitrogen and oxygen atoms in total. The van der Waals surface area contributed by atoms with Crippen LogP contribution in [0.15, 0.2) is 55.0 Å². The van der Waals surface area contributed by atoms with Gasteiger partial charge in [-0.3, -0.25) is 9.89 Å². The van der Waals surface area contributed by atoms with Crippen LogP contribution in [-0.2, 0) is 17.6 Å². The van der Waals surface area contributed by atoms with E-state index in [4.69, 9.17) is 0 Å². The highest BCUT2D eigenvalue weighted by Gasteiger charge is 2.29. The number of aromatic amines is 1. The highest BCUT2D eigenvalue weighted by molar-refractivity contribution is 7.19. The van der Waals surface area contributed by atoms with Gasteiger partial charge < -0.3 is 10.6 Å². The molecule has 1 unspecified atom stereocenters. The first-order valence-electron chi connectivity index (χ1n) is 11.0. The first kappa shape index (κ1) is 19.9. The molecule has 6 rings (SSSR count). The molecule has 0 aliphatic heterocycles. The van der Waals surface area contributed by atoms with Crippen LogP contribution in [-0.4, -0.2) is 26.1 Å². The van der Waals surface area contributed by atoms with Crippen LogP contribution >= 0.6 is 11.3 Å². The molecule has 3 aromatic heterocycles. The molecule has 0 spiro atoms. The largest absolute Gasteiger partial charge is 0.340 e. The number of thiophene rings is 1. The summed E-state index contributed by atoms with van der Waals surface area (Å²) in [6.07, 6.45) is 5.79. The highest BCUT2D eigenvalue weighted by atomic mass is 32.1. The summed E-state index contributed by atoms with van der Waals surface area (Å²) in [6, 6.07) is 14.0. The van der Waals surface area contributed by atoms with Crippen molar-refractivity contribution in [3.63, 3.8) is 0 Å². The average Bonchev–Trinajstić information content (AvgIpc) is 3.44. The summed E-state index contributed by atoms with van der Waals surface area (Å²) in [4.78, 5) is 24.3. The van der Waals surface area contributed by atoms with Crippen LogP contribution in [0.25, 0.3) is 21.1 Å². The first-order chi connectivity index (χ1) is 16.2. The number of rotatable bonds is 4. The predicted octanol–water partition coefficient (Wildman–Crippen LogP) is 5.36. The number of aryl methyl sites for hydroxylation is 2. The fraction of sp³-hybridized carbons (Fsp3) is 0.200. The minimum atomic E-state index is -0.0435. The van der Waals surface area contributed by atoms with Gasteiger partial charge in [0.05, 0.1) is 17.1 Å². The first-order valence-corrected chi connectivity index (χ1v) is 11.8. The normalized spacial score (nSPS) is 15.5. The summed E-state index contributed by atoms with van der Waals surface area (Å²) in [6.45, 7) is 2.01. The lowest BCUT2D eigenvalue weighted by atomic mass is 9.87. The monoisotopic (exact) mass is 454 g/mol. The number of fused-ring (bicyclic) bond motifs is 4. The fourth-order valence-electron chi connectivity index (χ4n) is 4.53. The zero-order valence-corrected chi connectivity index (χ0v) is 18.9. The van der Waals surface area contributed by atoms with Crippen molar-refractivity contribution in [3.8, 4) is 0 Å². The smallest absolute Gasteiger partial charge is 0.227 e. The maximum Gasteiger partial charge on any atom is 0.227 e. The van der Waals surface area contributed by atoms with Crippen molar-refractivity contribution in [1.82, 2.24) is 20.2 Å². The summed E-state index contributed by atoms with van der Waals surface area (Å²) in [5.74, 6) is 0.853.